The van der Waals surface area contributed by atoms with E-state index in [1.165, 1.54) is 12.1 Å². The van der Waals surface area contributed by atoms with Gasteiger partial charge in [0.15, 0.2) is 5.65 Å². The quantitative estimate of drug-likeness (QED) is 0.770. The van der Waals surface area contributed by atoms with E-state index in [9.17, 15) is 18.0 Å². The number of aromatic nitrogens is 3. The Bertz CT molecular complexity index is 851. The van der Waals surface area contributed by atoms with Gasteiger partial charge in [-0.2, -0.15) is 13.2 Å². The average Bonchev–Trinajstić information content (AvgIpc) is 2.81. The summed E-state index contributed by atoms with van der Waals surface area (Å²) in [7, 11) is 0. The van der Waals surface area contributed by atoms with Crippen LogP contribution in [0.25, 0.3) is 11.2 Å². The Morgan fingerprint density at radius 1 is 1.41 bits per heavy atom. The smallest absolute Gasteiger partial charge is 0.372 e. The van der Waals surface area contributed by atoms with Gasteiger partial charge in [-0.05, 0) is 45.2 Å². The molecule has 0 bridgehead atoms. The molecule has 10 heteroatoms. The van der Waals surface area contributed by atoms with Crippen LogP contribution in [0.2, 0.25) is 5.15 Å². The van der Waals surface area contributed by atoms with Gasteiger partial charge >= 0.3 is 6.18 Å². The first-order valence-corrected chi connectivity index (χ1v) is 8.97. The molecule has 0 spiro atoms. The minimum Gasteiger partial charge on any atom is -0.372 e. The number of halogens is 4. The third-order valence-electron chi connectivity index (χ3n) is 4.35. The number of carbonyl (C=O) groups excluding carboxylic acids is 1. The summed E-state index contributed by atoms with van der Waals surface area (Å²) < 4.78 is 45.6. The lowest BCUT2D eigenvalue weighted by Gasteiger charge is -2.35. The molecule has 1 saturated heterocycles. The fourth-order valence-corrected chi connectivity index (χ4v) is 3.40. The number of rotatable bonds is 4. The van der Waals surface area contributed by atoms with Crippen LogP contribution in [0, 0.1) is 0 Å². The molecule has 1 aliphatic heterocycles. The Labute approximate surface area is 159 Å². The highest BCUT2D eigenvalue weighted by Gasteiger charge is 2.32. The molecule has 0 radical (unpaired) electrons. The van der Waals surface area contributed by atoms with E-state index in [4.69, 9.17) is 16.3 Å². The van der Waals surface area contributed by atoms with Crippen molar-refractivity contribution in [3.05, 3.63) is 17.3 Å². The molecule has 1 atom stereocenters. The third kappa shape index (κ3) is 5.10. The van der Waals surface area contributed by atoms with Gasteiger partial charge in [-0.25, -0.2) is 9.97 Å². The number of anilines is 1. The van der Waals surface area contributed by atoms with Gasteiger partial charge in [0.25, 0.3) is 0 Å². The molecular weight excluding hydrogens is 385 g/mol. The van der Waals surface area contributed by atoms with Crippen molar-refractivity contribution in [2.45, 2.75) is 64.0 Å². The van der Waals surface area contributed by atoms with Crippen LogP contribution in [-0.2, 0) is 16.1 Å². The normalized spacial score (nSPS) is 20.0. The summed E-state index contributed by atoms with van der Waals surface area (Å²) in [6.45, 7) is 2.57. The molecule has 148 valence electrons. The van der Waals surface area contributed by atoms with Gasteiger partial charge in [-0.1, -0.05) is 11.6 Å². The zero-order valence-electron chi connectivity index (χ0n) is 14.9. The zero-order chi connectivity index (χ0) is 19.8. The Morgan fingerprint density at radius 2 is 2.15 bits per heavy atom. The van der Waals surface area contributed by atoms with Crippen molar-refractivity contribution in [2.75, 3.05) is 5.32 Å². The standard InChI is InChI=1S/C17H20ClF3N4O2/c1-16(2)7-3-4-10(27-16)8-13(26)24-15-22-11-5-6-12(18)23-14(11)25(15)9-17(19,20)21/h5-6,10H,3-4,7-9H2,1-2H3,(H,22,24,26)/t10-/m1/s1. The summed E-state index contributed by atoms with van der Waals surface area (Å²) in [4.78, 5) is 20.4. The minimum atomic E-state index is -4.51. The van der Waals surface area contributed by atoms with Gasteiger partial charge in [0.2, 0.25) is 11.9 Å². The summed E-state index contributed by atoms with van der Waals surface area (Å²) in [5.41, 5.74) is -0.132. The molecule has 1 aliphatic rings. The third-order valence-corrected chi connectivity index (χ3v) is 4.56. The molecule has 2 aromatic rings. The van der Waals surface area contributed by atoms with Crippen molar-refractivity contribution in [2.24, 2.45) is 0 Å². The van der Waals surface area contributed by atoms with Crippen molar-refractivity contribution in [1.29, 1.82) is 0 Å². The number of fused-ring (bicyclic) bond motifs is 1. The molecule has 0 unspecified atom stereocenters. The molecule has 3 rings (SSSR count). The number of alkyl halides is 3. The van der Waals surface area contributed by atoms with Gasteiger partial charge in [-0.15, -0.1) is 0 Å². The Kier molecular flexibility index (Phi) is 5.36. The van der Waals surface area contributed by atoms with E-state index in [0.717, 1.165) is 23.8 Å². The maximum atomic E-state index is 13.0. The first-order chi connectivity index (χ1) is 12.5. The average molecular weight is 405 g/mol. The first kappa shape index (κ1) is 19.9. The second kappa shape index (κ2) is 7.27. The van der Waals surface area contributed by atoms with E-state index >= 15 is 0 Å². The Balaban J connectivity index is 1.81. The van der Waals surface area contributed by atoms with Gasteiger partial charge < -0.3 is 4.74 Å². The van der Waals surface area contributed by atoms with E-state index in [1.807, 2.05) is 13.8 Å². The highest BCUT2D eigenvalue weighted by atomic mass is 35.5. The van der Waals surface area contributed by atoms with Crippen molar-refractivity contribution >= 4 is 34.6 Å². The lowest BCUT2D eigenvalue weighted by Crippen LogP contribution is -2.37. The SMILES string of the molecule is CC1(C)CCC[C@H](CC(=O)Nc2nc3ccc(Cl)nc3n2CC(F)(F)F)O1. The number of nitrogens with zero attached hydrogens (tertiary/aromatic N) is 3. The summed E-state index contributed by atoms with van der Waals surface area (Å²) in [5.74, 6) is -0.667. The monoisotopic (exact) mass is 404 g/mol. The Morgan fingerprint density at radius 3 is 2.81 bits per heavy atom. The van der Waals surface area contributed by atoms with E-state index in [1.54, 1.807) is 0 Å². The number of hydrogen-bond donors (Lipinski definition) is 1. The van der Waals surface area contributed by atoms with Gasteiger partial charge in [0.1, 0.15) is 17.2 Å². The van der Waals surface area contributed by atoms with Crippen molar-refractivity contribution in [1.82, 2.24) is 14.5 Å². The molecule has 0 aliphatic carbocycles. The number of ether oxygens (including phenoxy) is 1. The summed E-state index contributed by atoms with van der Waals surface area (Å²) in [6, 6.07) is 2.89. The molecule has 6 nitrogen and oxygen atoms in total. The predicted molar refractivity (Wildman–Crippen MR) is 94.6 cm³/mol. The molecule has 1 amide bonds. The highest BCUT2D eigenvalue weighted by molar-refractivity contribution is 6.29. The number of hydrogen-bond acceptors (Lipinski definition) is 4. The predicted octanol–water partition coefficient (Wildman–Crippen LogP) is 4.32. The highest BCUT2D eigenvalue weighted by Crippen LogP contribution is 2.30. The molecule has 27 heavy (non-hydrogen) atoms. The van der Waals surface area contributed by atoms with E-state index in [2.05, 4.69) is 15.3 Å². The van der Waals surface area contributed by atoms with Gasteiger partial charge in [0, 0.05) is 0 Å². The molecule has 1 fully saturated rings. The number of nitrogens with one attached hydrogen (secondary N) is 1. The maximum absolute atomic E-state index is 13.0. The van der Waals surface area contributed by atoms with Gasteiger partial charge in [-0.3, -0.25) is 14.7 Å². The van der Waals surface area contributed by atoms with E-state index in [0.29, 0.717) is 0 Å². The second-order valence-corrected chi connectivity index (χ2v) is 7.64. The van der Waals surface area contributed by atoms with Crippen molar-refractivity contribution in [3.8, 4) is 0 Å². The van der Waals surface area contributed by atoms with Crippen LogP contribution >= 0.6 is 11.6 Å². The lowest BCUT2D eigenvalue weighted by molar-refractivity contribution is -0.140. The summed E-state index contributed by atoms with van der Waals surface area (Å²) in [5, 5.41) is 2.51. The van der Waals surface area contributed by atoms with Crippen LogP contribution in [0.5, 0.6) is 0 Å². The van der Waals surface area contributed by atoms with Crippen LogP contribution in [0.1, 0.15) is 39.5 Å². The molecule has 2 aromatic heterocycles. The Hall–Kier alpha value is -1.87. The topological polar surface area (TPSA) is 69.0 Å². The van der Waals surface area contributed by atoms with Crippen LogP contribution in [0.3, 0.4) is 0 Å². The largest absolute Gasteiger partial charge is 0.406 e. The fourth-order valence-electron chi connectivity index (χ4n) is 3.25. The summed E-state index contributed by atoms with van der Waals surface area (Å²) >= 11 is 5.80. The lowest BCUT2D eigenvalue weighted by atomic mass is 9.94. The molecule has 1 N–H and O–H groups in total. The van der Waals surface area contributed by atoms with Gasteiger partial charge in [0.05, 0.1) is 18.1 Å². The fraction of sp³-hybridized carbons (Fsp3) is 0.588. The van der Waals surface area contributed by atoms with Crippen molar-refractivity contribution in [3.63, 3.8) is 0 Å². The minimum absolute atomic E-state index is 0.0369. The molecule has 0 aromatic carbocycles. The molecule has 3 heterocycles. The van der Waals surface area contributed by atoms with Crippen molar-refractivity contribution < 1.29 is 22.7 Å². The number of carbonyl (C=O) groups is 1. The maximum Gasteiger partial charge on any atom is 0.406 e. The number of pyridine rings is 1. The van der Waals surface area contributed by atoms with Crippen LogP contribution in [-0.4, -0.2) is 38.3 Å². The number of amides is 1. The van der Waals surface area contributed by atoms with E-state index in [-0.39, 0.29) is 40.4 Å². The molecule has 0 saturated carbocycles. The second-order valence-electron chi connectivity index (χ2n) is 7.26. The number of imidazole rings is 1. The van der Waals surface area contributed by atoms with Crippen LogP contribution in [0.15, 0.2) is 12.1 Å². The van der Waals surface area contributed by atoms with E-state index < -0.39 is 18.6 Å². The van der Waals surface area contributed by atoms with Crippen LogP contribution < -0.4 is 5.32 Å². The van der Waals surface area contributed by atoms with Crippen LogP contribution in [0.4, 0.5) is 19.1 Å². The first-order valence-electron chi connectivity index (χ1n) is 8.60. The molecular formula is C17H20ClF3N4O2. The summed E-state index contributed by atoms with van der Waals surface area (Å²) in [6.07, 6.45) is -2.17. The zero-order valence-corrected chi connectivity index (χ0v) is 15.7.